The number of fused-ring (bicyclic) bond motifs is 6. The van der Waals surface area contributed by atoms with Gasteiger partial charge in [-0.15, -0.1) is 11.3 Å². The maximum absolute atomic E-state index is 15.2. The summed E-state index contributed by atoms with van der Waals surface area (Å²) >= 11 is 1.50. The smallest absolute Gasteiger partial charge is 0.324 e. The lowest BCUT2D eigenvalue weighted by Crippen LogP contribution is -2.70. The van der Waals surface area contributed by atoms with Crippen molar-refractivity contribution in [1.29, 1.82) is 0 Å². The molecule has 75 heavy (non-hydrogen) atoms. The number of hydrogen-bond donors (Lipinski definition) is 2. The van der Waals surface area contributed by atoms with E-state index in [4.69, 9.17) is 43.1 Å². The van der Waals surface area contributed by atoms with Gasteiger partial charge in [-0.1, -0.05) is 26.8 Å². The van der Waals surface area contributed by atoms with E-state index in [0.717, 1.165) is 95.2 Å². The van der Waals surface area contributed by atoms with Crippen LogP contribution >= 0.6 is 11.3 Å². The molecule has 18 nitrogen and oxygen atoms in total. The van der Waals surface area contributed by atoms with Gasteiger partial charge in [0.05, 0.1) is 87.6 Å². The Kier molecular flexibility index (Phi) is 14.4. The van der Waals surface area contributed by atoms with Crippen LogP contribution in [0.15, 0.2) is 35.8 Å². The molecule has 1 spiro atoms. The van der Waals surface area contributed by atoms with Crippen molar-refractivity contribution in [3.63, 3.8) is 0 Å². The molecule has 2 amide bonds. The Hall–Kier alpha value is -4.41. The fraction of sp³-hybridized carbons (Fsp3) is 0.661. The van der Waals surface area contributed by atoms with Crippen LogP contribution in [0.4, 0.5) is 0 Å². The number of aromatic nitrogens is 3. The van der Waals surface area contributed by atoms with Gasteiger partial charge < -0.3 is 43.0 Å². The number of cyclic esters (lactones) is 1. The Morgan fingerprint density at radius 3 is 2.55 bits per heavy atom. The Bertz CT molecular complexity index is 2760. The minimum Gasteiger partial charge on any atom is -0.464 e. The van der Waals surface area contributed by atoms with Gasteiger partial charge in [-0.25, -0.2) is 10.4 Å². The van der Waals surface area contributed by atoms with Gasteiger partial charge in [0.25, 0.3) is 5.91 Å². The predicted octanol–water partition coefficient (Wildman–Crippen LogP) is 5.43. The van der Waals surface area contributed by atoms with Crippen LogP contribution in [0.25, 0.3) is 33.4 Å². The molecule has 11 heterocycles. The number of benzene rings is 1. The van der Waals surface area contributed by atoms with Crippen molar-refractivity contribution in [2.24, 2.45) is 16.7 Å². The largest absolute Gasteiger partial charge is 0.464 e. The van der Waals surface area contributed by atoms with E-state index in [1.54, 1.807) is 7.11 Å². The second-order valence-corrected chi connectivity index (χ2v) is 24.4. The highest BCUT2D eigenvalue weighted by atomic mass is 32.1. The van der Waals surface area contributed by atoms with E-state index >= 15 is 4.79 Å². The van der Waals surface area contributed by atoms with Crippen LogP contribution in [0, 0.1) is 16.7 Å². The second kappa shape index (κ2) is 21.1. The fourth-order valence-corrected chi connectivity index (χ4v) is 13.7. The molecular formula is C56H74N8O10S. The summed E-state index contributed by atoms with van der Waals surface area (Å²) in [7, 11) is 1.74. The van der Waals surface area contributed by atoms with Gasteiger partial charge in [-0.05, 0) is 87.2 Å². The van der Waals surface area contributed by atoms with Crippen LogP contribution in [0.2, 0.25) is 0 Å². The molecule has 7 atom stereocenters. The maximum Gasteiger partial charge on any atom is 0.324 e. The summed E-state index contributed by atoms with van der Waals surface area (Å²) in [6.45, 7) is 18.0. The van der Waals surface area contributed by atoms with Crippen LogP contribution in [-0.2, 0) is 60.5 Å². The van der Waals surface area contributed by atoms with Gasteiger partial charge in [0.15, 0.2) is 0 Å². The molecule has 0 unspecified atom stereocenters. The number of hydrogen-bond acceptors (Lipinski definition) is 16. The summed E-state index contributed by atoms with van der Waals surface area (Å²) in [5.74, 6) is -0.762. The van der Waals surface area contributed by atoms with Crippen molar-refractivity contribution in [2.75, 3.05) is 99.3 Å². The van der Waals surface area contributed by atoms with Crippen molar-refractivity contribution < 1.29 is 47.5 Å². The molecule has 0 radical (unpaired) electrons. The van der Waals surface area contributed by atoms with Crippen molar-refractivity contribution >= 4 is 40.0 Å². The highest BCUT2D eigenvalue weighted by Crippen LogP contribution is 2.47. The highest BCUT2D eigenvalue weighted by molar-refractivity contribution is 7.10. The lowest BCUT2D eigenvalue weighted by molar-refractivity contribution is -0.203. The van der Waals surface area contributed by atoms with E-state index in [9.17, 15) is 9.59 Å². The van der Waals surface area contributed by atoms with E-state index in [0.29, 0.717) is 97.0 Å². The topological polar surface area (TPSA) is 180 Å². The van der Waals surface area contributed by atoms with Gasteiger partial charge in [0.1, 0.15) is 23.2 Å². The minimum absolute atomic E-state index is 0.00231. The molecule has 7 saturated heterocycles. The number of nitrogens with one attached hydrogen (secondary N) is 2. The average molecular weight is 1050 g/mol. The van der Waals surface area contributed by atoms with Crippen molar-refractivity contribution in [3.05, 3.63) is 57.7 Å². The summed E-state index contributed by atoms with van der Waals surface area (Å²) in [6, 6.07) is 7.06. The van der Waals surface area contributed by atoms with E-state index in [-0.39, 0.29) is 42.0 Å². The molecule has 3 aromatic heterocycles. The zero-order valence-electron chi connectivity index (χ0n) is 44.2. The lowest BCUT2D eigenvalue weighted by Gasteiger charge is -2.58. The maximum atomic E-state index is 15.2. The molecule has 6 bridgehead atoms. The van der Waals surface area contributed by atoms with E-state index < -0.39 is 35.6 Å². The first-order valence-corrected chi connectivity index (χ1v) is 28.4. The minimum atomic E-state index is -1.03. The van der Waals surface area contributed by atoms with Gasteiger partial charge >= 0.3 is 5.97 Å². The summed E-state index contributed by atoms with van der Waals surface area (Å²) in [5, 5.41) is 8.57. The third-order valence-electron chi connectivity index (χ3n) is 17.3. The standard InChI is InChI=1S/C56H74N8O10S/c1-33-24-73-50(33)51(65)59-47-49(62-28-56(29-62)31-71-32-56)52-58-44(27-75-52)35-8-9-45-40(19-35)42(21-55(3,4)30-74-54(67)43-7-6-13-64(60-43)53(47)66)48(63(45)15-18-72-39-11-16-69-17-12-39)41-20-37(22-57-46(41)34(2)68-5)36-10-14-61(23-36)38-25-70-26-38/h8-9,19-20,22,27,33-34,36,38-39,43,47,49-50,60H,6-7,10-18,21,23-26,28-32H2,1-5H3,(H,59,65)/t33-,34-,36+,43-,47-,49-,50+/m0/s1. The molecular weight excluding hydrogens is 977 g/mol. The third kappa shape index (κ3) is 10.1. The lowest BCUT2D eigenvalue weighted by atomic mass is 9.76. The number of amides is 2. The predicted molar refractivity (Wildman–Crippen MR) is 280 cm³/mol. The number of carbonyl (C=O) groups is 3. The summed E-state index contributed by atoms with van der Waals surface area (Å²) in [6.07, 6.45) is 5.61. The molecule has 19 heteroatoms. The second-order valence-electron chi connectivity index (χ2n) is 23.5. The first kappa shape index (κ1) is 51.4. The number of methoxy groups -OCH3 is 1. The molecule has 7 fully saturated rings. The molecule has 4 aromatic rings. The van der Waals surface area contributed by atoms with Crippen molar-refractivity contribution in [2.45, 2.75) is 121 Å². The van der Waals surface area contributed by atoms with Crippen LogP contribution in [-0.4, -0.2) is 177 Å². The molecule has 2 N–H and O–H groups in total. The Morgan fingerprint density at radius 2 is 1.83 bits per heavy atom. The molecule has 8 aliphatic rings. The van der Waals surface area contributed by atoms with Crippen LogP contribution in [0.5, 0.6) is 0 Å². The molecule has 8 aliphatic heterocycles. The summed E-state index contributed by atoms with van der Waals surface area (Å²) < 4.78 is 44.3. The third-order valence-corrected chi connectivity index (χ3v) is 18.2. The number of pyridine rings is 1. The summed E-state index contributed by atoms with van der Waals surface area (Å²) in [4.78, 5) is 59.2. The Morgan fingerprint density at radius 1 is 1.00 bits per heavy atom. The number of ether oxygens (including phenoxy) is 7. The Balaban J connectivity index is 1.00. The van der Waals surface area contributed by atoms with Crippen LogP contribution < -0.4 is 10.7 Å². The van der Waals surface area contributed by atoms with Gasteiger partial charge in [-0.3, -0.25) is 34.2 Å². The Labute approximate surface area is 443 Å². The number of carbonyl (C=O) groups excluding carboxylic acids is 3. The van der Waals surface area contributed by atoms with E-state index in [1.165, 1.54) is 21.9 Å². The number of rotatable bonds is 12. The first-order valence-electron chi connectivity index (χ1n) is 27.5. The van der Waals surface area contributed by atoms with Crippen molar-refractivity contribution in [3.8, 4) is 22.5 Å². The molecule has 1 aromatic carbocycles. The molecule has 12 rings (SSSR count). The monoisotopic (exact) mass is 1050 g/mol. The van der Waals surface area contributed by atoms with Gasteiger partial charge in [0.2, 0.25) is 5.91 Å². The zero-order valence-corrected chi connectivity index (χ0v) is 45.0. The molecule has 404 valence electrons. The van der Waals surface area contributed by atoms with Crippen LogP contribution in [0.3, 0.4) is 0 Å². The SMILES string of the molecule is CO[C@@H](C)c1ncc([C@@H]2CCN(C3COC3)C2)cc1-c1c2c3cc(ccc3n1CCOC1CCOCC1)-c1csc(n1)[C@@H](N1CC3(COC3)C1)[C@H](NC(=O)[C@@H]1OC[C@@H]1C)C(=O)N1CCC[C@H](N1)C(=O)OCC(C)(C)C2. The van der Waals surface area contributed by atoms with Crippen LogP contribution in [0.1, 0.15) is 99.7 Å². The fourth-order valence-electron chi connectivity index (χ4n) is 12.7. The number of nitrogens with zero attached hydrogens (tertiary/aromatic N) is 6. The van der Waals surface area contributed by atoms with Gasteiger partial charge in [0, 0.05) is 103 Å². The number of hydrazine groups is 1. The highest BCUT2D eigenvalue weighted by Gasteiger charge is 2.55. The molecule has 0 aliphatic carbocycles. The van der Waals surface area contributed by atoms with E-state index in [1.807, 2.05) is 6.92 Å². The number of esters is 1. The summed E-state index contributed by atoms with van der Waals surface area (Å²) in [5.41, 5.74) is 10.7. The average Bonchev–Trinajstić information content (AvgIpc) is 4.20. The number of likely N-dealkylation sites (tertiary alicyclic amines) is 2. The first-order chi connectivity index (χ1) is 36.3. The van der Waals surface area contributed by atoms with Gasteiger partial charge in [-0.2, -0.15) is 0 Å². The normalized spacial score (nSPS) is 29.0. The quantitative estimate of drug-likeness (QED) is 0.172. The number of thiazole rings is 1. The molecule has 0 saturated carbocycles. The zero-order chi connectivity index (χ0) is 51.6. The van der Waals surface area contributed by atoms with Crippen molar-refractivity contribution in [1.82, 2.24) is 40.1 Å². The van der Waals surface area contributed by atoms with E-state index in [2.05, 4.69) is 81.7 Å².